The second kappa shape index (κ2) is 2.21. The van der Waals surface area contributed by atoms with Crippen molar-refractivity contribution in [3.05, 3.63) is 24.0 Å². The first-order chi connectivity index (χ1) is 4.30. The predicted octanol–water partition coefficient (Wildman–Crippen LogP) is -0.0250. The molecule has 0 aliphatic carbocycles. The van der Waals surface area contributed by atoms with Gasteiger partial charge < -0.3 is 5.11 Å². The zero-order valence-electron chi connectivity index (χ0n) is 4.40. The van der Waals surface area contributed by atoms with Gasteiger partial charge in [0.15, 0.2) is 5.69 Å². The van der Waals surface area contributed by atoms with E-state index in [1.54, 1.807) is 0 Å². The Labute approximate surface area is 51.2 Å². The largest absolute Gasteiger partial charge is 0.476 e. The lowest BCUT2D eigenvalue weighted by Gasteiger charge is -1.85. The zero-order valence-corrected chi connectivity index (χ0v) is 4.40. The lowest BCUT2D eigenvalue weighted by atomic mass is 10.4. The number of carbonyl (C=O) groups is 1. The summed E-state index contributed by atoms with van der Waals surface area (Å²) in [5.74, 6) is -1.07. The van der Waals surface area contributed by atoms with Crippen molar-refractivity contribution in [2.45, 2.75) is 0 Å². The molecule has 1 aromatic rings. The number of rotatable bonds is 1. The monoisotopic (exact) mass is 123 g/mol. The molecular weight excluding hydrogens is 120 g/mol. The van der Waals surface area contributed by atoms with Gasteiger partial charge in [0.2, 0.25) is 0 Å². The van der Waals surface area contributed by atoms with Crippen molar-refractivity contribution in [3.8, 4) is 0 Å². The first kappa shape index (κ1) is 5.68. The number of carboxylic acid groups (broad SMARTS) is 1. The minimum Gasteiger partial charge on any atom is -0.476 e. The van der Waals surface area contributed by atoms with Crippen LogP contribution in [0.3, 0.4) is 0 Å². The Bertz CT molecular complexity index is 209. The van der Waals surface area contributed by atoms with Crippen LogP contribution in [0.4, 0.5) is 0 Å². The molecule has 1 N–H and O–H groups in total. The Morgan fingerprint density at radius 2 is 2.56 bits per heavy atom. The topological polar surface area (TPSA) is 63.1 Å². The van der Waals surface area contributed by atoms with E-state index in [1.165, 1.54) is 12.1 Å². The molecule has 0 aliphatic rings. The molecule has 0 unspecified atom stereocenters. The van der Waals surface area contributed by atoms with Gasteiger partial charge in [-0.05, 0) is 12.1 Å². The van der Waals surface area contributed by atoms with Crippen molar-refractivity contribution in [2.75, 3.05) is 0 Å². The van der Waals surface area contributed by atoms with Crippen molar-refractivity contribution in [3.63, 3.8) is 0 Å². The summed E-state index contributed by atoms with van der Waals surface area (Å²) in [6.07, 6.45) is 2.36. The average molecular weight is 123 g/mol. The lowest BCUT2D eigenvalue weighted by molar-refractivity contribution is 0.0689. The molecule has 0 saturated carbocycles. The van der Waals surface area contributed by atoms with Crippen LogP contribution in [0.1, 0.15) is 10.5 Å². The quantitative estimate of drug-likeness (QED) is 0.569. The van der Waals surface area contributed by atoms with Gasteiger partial charge in [-0.25, -0.2) is 4.79 Å². The van der Waals surface area contributed by atoms with Gasteiger partial charge in [0.05, 0.1) is 0 Å². The van der Waals surface area contributed by atoms with Crippen molar-refractivity contribution in [2.24, 2.45) is 0 Å². The predicted molar refractivity (Wildman–Crippen MR) is 27.8 cm³/mol. The second-order valence-electron chi connectivity index (χ2n) is 1.35. The molecule has 0 saturated heterocycles. The van der Waals surface area contributed by atoms with Gasteiger partial charge in [0.1, 0.15) is 6.20 Å². The van der Waals surface area contributed by atoms with Crippen LogP contribution in [0.25, 0.3) is 0 Å². The average Bonchev–Trinajstić information content (AvgIpc) is 1.90. The molecule has 0 amide bonds. The summed E-state index contributed by atoms with van der Waals surface area (Å²) in [5.41, 5.74) is -0.0613. The fourth-order valence-corrected chi connectivity index (χ4v) is 0.380. The normalized spacial score (nSPS) is 8.89. The highest BCUT2D eigenvalue weighted by Gasteiger charge is 2.00. The van der Waals surface area contributed by atoms with E-state index in [9.17, 15) is 4.79 Å². The number of nitrogens with zero attached hydrogens (tertiary/aromatic N) is 2. The summed E-state index contributed by atoms with van der Waals surface area (Å²) in [7, 11) is 0. The molecule has 4 heteroatoms. The Morgan fingerprint density at radius 1 is 1.78 bits per heavy atom. The smallest absolute Gasteiger partial charge is 0.356 e. The number of hydrogen-bond donors (Lipinski definition) is 1. The molecule has 1 heterocycles. The second-order valence-corrected chi connectivity index (χ2v) is 1.35. The van der Waals surface area contributed by atoms with Gasteiger partial charge in [-0.1, -0.05) is 0 Å². The van der Waals surface area contributed by atoms with E-state index in [-0.39, 0.29) is 5.69 Å². The van der Waals surface area contributed by atoms with Crippen LogP contribution in [0, 0.1) is 6.20 Å². The summed E-state index contributed by atoms with van der Waals surface area (Å²) in [6.45, 7) is 0. The fraction of sp³-hybridized carbons (Fsp3) is 0. The third-order valence-electron chi connectivity index (χ3n) is 0.750. The van der Waals surface area contributed by atoms with Gasteiger partial charge in [-0.3, -0.25) is 0 Å². The van der Waals surface area contributed by atoms with Crippen LogP contribution in [0.2, 0.25) is 0 Å². The molecule has 4 nitrogen and oxygen atoms in total. The highest BCUT2D eigenvalue weighted by atomic mass is 16.4. The molecule has 0 spiro atoms. The van der Waals surface area contributed by atoms with Crippen LogP contribution < -0.4 is 0 Å². The van der Waals surface area contributed by atoms with Crippen molar-refractivity contribution in [1.29, 1.82) is 0 Å². The molecule has 9 heavy (non-hydrogen) atoms. The van der Waals surface area contributed by atoms with Crippen LogP contribution in [-0.2, 0) is 0 Å². The van der Waals surface area contributed by atoms with Crippen molar-refractivity contribution in [1.82, 2.24) is 10.2 Å². The summed E-state index contributed by atoms with van der Waals surface area (Å²) < 4.78 is 0. The fourth-order valence-electron chi connectivity index (χ4n) is 0.380. The van der Waals surface area contributed by atoms with E-state index in [0.717, 1.165) is 0 Å². The first-order valence-corrected chi connectivity index (χ1v) is 2.24. The Hall–Kier alpha value is -1.45. The SMILES string of the molecule is O=C(O)c1cc[c]nn1. The third kappa shape index (κ3) is 1.22. The maximum absolute atomic E-state index is 10.1. The molecule has 1 rings (SSSR count). The van der Waals surface area contributed by atoms with Crippen molar-refractivity contribution >= 4 is 5.97 Å². The molecule has 1 radical (unpaired) electrons. The maximum atomic E-state index is 10.1. The Morgan fingerprint density at radius 3 is 2.89 bits per heavy atom. The Balaban J connectivity index is 2.98. The standard InChI is InChI=1S/C5H3N2O2/c8-5(9)4-2-1-3-6-7-4/h1-2H,(H,8,9). The van der Waals surface area contributed by atoms with Crippen LogP contribution in [0.5, 0.6) is 0 Å². The van der Waals surface area contributed by atoms with Crippen molar-refractivity contribution < 1.29 is 9.90 Å². The van der Waals surface area contributed by atoms with Gasteiger partial charge in [-0.15, -0.1) is 10.2 Å². The number of hydrogen-bond acceptors (Lipinski definition) is 3. The van der Waals surface area contributed by atoms with Crippen LogP contribution in [-0.4, -0.2) is 21.3 Å². The van der Waals surface area contributed by atoms with E-state index < -0.39 is 5.97 Å². The third-order valence-corrected chi connectivity index (χ3v) is 0.750. The highest BCUT2D eigenvalue weighted by Crippen LogP contribution is 1.87. The van der Waals surface area contributed by atoms with Gasteiger partial charge in [0.25, 0.3) is 0 Å². The zero-order chi connectivity index (χ0) is 6.69. The molecule has 0 bridgehead atoms. The van der Waals surface area contributed by atoms with Gasteiger partial charge >= 0.3 is 5.97 Å². The number of carboxylic acids is 1. The minimum absolute atomic E-state index is 0.0613. The molecule has 0 atom stereocenters. The van der Waals surface area contributed by atoms with E-state index in [4.69, 9.17) is 5.11 Å². The summed E-state index contributed by atoms with van der Waals surface area (Å²) in [5, 5.41) is 14.8. The van der Waals surface area contributed by atoms with Gasteiger partial charge in [0, 0.05) is 0 Å². The molecule has 0 aromatic carbocycles. The van der Waals surface area contributed by atoms with E-state index in [1.807, 2.05) is 0 Å². The summed E-state index contributed by atoms with van der Waals surface area (Å²) in [4.78, 5) is 10.1. The molecular formula is C5H3N2O2. The van der Waals surface area contributed by atoms with Crippen LogP contribution >= 0.6 is 0 Å². The van der Waals surface area contributed by atoms with Gasteiger partial charge in [-0.2, -0.15) is 0 Å². The number of aromatic nitrogens is 2. The van der Waals surface area contributed by atoms with Crippen LogP contribution in [0.15, 0.2) is 12.1 Å². The minimum atomic E-state index is -1.07. The van der Waals surface area contributed by atoms with E-state index in [0.29, 0.717) is 0 Å². The molecule has 1 aromatic heterocycles. The maximum Gasteiger partial charge on any atom is 0.356 e. The summed E-state index contributed by atoms with van der Waals surface area (Å²) >= 11 is 0. The first-order valence-electron chi connectivity index (χ1n) is 2.24. The lowest BCUT2D eigenvalue weighted by Crippen LogP contribution is -1.99. The summed E-state index contributed by atoms with van der Waals surface area (Å²) in [6, 6.07) is 2.73. The highest BCUT2D eigenvalue weighted by molar-refractivity contribution is 5.84. The molecule has 0 aliphatic heterocycles. The Kier molecular flexibility index (Phi) is 1.40. The molecule has 45 valence electrons. The number of aromatic carboxylic acids is 1. The van der Waals surface area contributed by atoms with E-state index in [2.05, 4.69) is 16.4 Å². The molecule has 0 fully saturated rings. The van der Waals surface area contributed by atoms with E-state index >= 15 is 0 Å².